The third-order valence-corrected chi connectivity index (χ3v) is 9.40. The van der Waals surface area contributed by atoms with Gasteiger partial charge in [0.25, 0.3) is 0 Å². The highest BCUT2D eigenvalue weighted by molar-refractivity contribution is 6.39. The van der Waals surface area contributed by atoms with E-state index in [4.69, 9.17) is 42.6 Å². The Morgan fingerprint density at radius 2 is 1.52 bits per heavy atom. The molecule has 6 rings (SSSR count). The molecule has 0 aliphatic carbocycles. The van der Waals surface area contributed by atoms with Crippen molar-refractivity contribution in [1.82, 2.24) is 35.5 Å². The zero-order valence-electron chi connectivity index (χ0n) is 26.5. The largest absolute Gasteiger partial charge is 0.480 e. The van der Waals surface area contributed by atoms with Gasteiger partial charge in [0.05, 0.1) is 54.2 Å². The molecule has 11 nitrogen and oxygen atoms in total. The number of aromatic nitrogens is 4. The number of likely N-dealkylation sites (tertiary alicyclic amines) is 1. The van der Waals surface area contributed by atoms with E-state index in [9.17, 15) is 14.3 Å². The lowest BCUT2D eigenvalue weighted by molar-refractivity contribution is -0.119. The fourth-order valence-electron chi connectivity index (χ4n) is 5.99. The monoisotopic (exact) mass is 695 g/mol. The molecule has 4 aromatic rings. The SMILES string of the molecule is COc1nc(-c2cccc(-c3cccc(-c4cnc(CN5CC[C@H](O)[C@@H](F)C5)c(OC)n4)c3Cl)c2Cl)cnc1CNCC1CCC(=O)N1. The first-order chi connectivity index (χ1) is 23.2. The first-order valence-corrected chi connectivity index (χ1v) is 16.4. The molecule has 2 fully saturated rings. The number of piperidine rings is 1. The number of amides is 1. The average molecular weight is 697 g/mol. The number of hydrogen-bond acceptors (Lipinski definition) is 10. The first-order valence-electron chi connectivity index (χ1n) is 15.7. The number of aliphatic hydroxyl groups excluding tert-OH is 1. The van der Waals surface area contributed by atoms with Gasteiger partial charge in [-0.05, 0) is 12.8 Å². The normalized spacial score (nSPS) is 19.7. The summed E-state index contributed by atoms with van der Waals surface area (Å²) in [7, 11) is 3.05. The molecule has 0 bridgehead atoms. The smallest absolute Gasteiger partial charge is 0.237 e. The zero-order chi connectivity index (χ0) is 33.8. The van der Waals surface area contributed by atoms with Crippen molar-refractivity contribution >= 4 is 29.1 Å². The molecule has 252 valence electrons. The molecule has 4 heterocycles. The number of carbonyl (C=O) groups is 1. The summed E-state index contributed by atoms with van der Waals surface area (Å²) >= 11 is 14.0. The minimum Gasteiger partial charge on any atom is -0.480 e. The highest BCUT2D eigenvalue weighted by atomic mass is 35.5. The van der Waals surface area contributed by atoms with Gasteiger partial charge in [0, 0.05) is 67.4 Å². The summed E-state index contributed by atoms with van der Waals surface area (Å²) in [6.07, 6.45) is 2.73. The van der Waals surface area contributed by atoms with Crippen LogP contribution in [0.25, 0.3) is 33.6 Å². The summed E-state index contributed by atoms with van der Waals surface area (Å²) in [5.74, 6) is 0.756. The van der Waals surface area contributed by atoms with Crippen LogP contribution in [0.3, 0.4) is 0 Å². The maximum atomic E-state index is 14.1. The van der Waals surface area contributed by atoms with E-state index in [0.717, 1.165) is 6.42 Å². The number of hydrogen-bond donors (Lipinski definition) is 3. The van der Waals surface area contributed by atoms with Crippen LogP contribution in [0, 0.1) is 0 Å². The Morgan fingerprint density at radius 3 is 2.08 bits per heavy atom. The summed E-state index contributed by atoms with van der Waals surface area (Å²) in [5.41, 5.74) is 4.90. The number of carbonyl (C=O) groups excluding carboxylic acids is 1. The third kappa shape index (κ3) is 7.37. The predicted octanol–water partition coefficient (Wildman–Crippen LogP) is 4.86. The maximum absolute atomic E-state index is 14.1. The van der Waals surface area contributed by atoms with Crippen molar-refractivity contribution in [1.29, 1.82) is 0 Å². The van der Waals surface area contributed by atoms with Crippen LogP contribution in [-0.4, -0.2) is 88.0 Å². The Labute approximate surface area is 287 Å². The van der Waals surface area contributed by atoms with E-state index >= 15 is 0 Å². The van der Waals surface area contributed by atoms with E-state index in [2.05, 4.69) is 20.6 Å². The zero-order valence-corrected chi connectivity index (χ0v) is 28.1. The summed E-state index contributed by atoms with van der Waals surface area (Å²) in [6, 6.07) is 11.3. The fraction of sp³-hybridized carbons (Fsp3) is 0.382. The number of nitrogens with one attached hydrogen (secondary N) is 2. The second-order valence-electron chi connectivity index (χ2n) is 11.8. The first kappa shape index (κ1) is 33.9. The fourth-order valence-corrected chi connectivity index (χ4v) is 6.64. The molecule has 3 N–H and O–H groups in total. The van der Waals surface area contributed by atoms with Crippen LogP contribution in [0.5, 0.6) is 11.8 Å². The molecule has 48 heavy (non-hydrogen) atoms. The Bertz CT molecular complexity index is 1800. The van der Waals surface area contributed by atoms with Crippen LogP contribution in [0.4, 0.5) is 4.39 Å². The van der Waals surface area contributed by atoms with Gasteiger partial charge in [-0.25, -0.2) is 14.4 Å². The third-order valence-electron chi connectivity index (χ3n) is 8.58. The molecule has 0 saturated carbocycles. The van der Waals surface area contributed by atoms with Gasteiger partial charge >= 0.3 is 0 Å². The summed E-state index contributed by atoms with van der Waals surface area (Å²) in [5, 5.41) is 16.9. The van der Waals surface area contributed by atoms with Gasteiger partial charge in [-0.3, -0.25) is 19.7 Å². The molecule has 1 unspecified atom stereocenters. The number of alkyl halides is 1. The Balaban J connectivity index is 1.23. The summed E-state index contributed by atoms with van der Waals surface area (Å²) < 4.78 is 25.2. The quantitative estimate of drug-likeness (QED) is 0.200. The van der Waals surface area contributed by atoms with Gasteiger partial charge in [-0.15, -0.1) is 0 Å². The molecule has 3 atom stereocenters. The summed E-state index contributed by atoms with van der Waals surface area (Å²) in [6.45, 7) is 2.05. The number of benzene rings is 2. The molecular formula is C34H36Cl2FN7O4. The molecule has 0 radical (unpaired) electrons. The molecule has 2 saturated heterocycles. The molecule has 2 aliphatic rings. The number of methoxy groups -OCH3 is 2. The van der Waals surface area contributed by atoms with E-state index in [0.29, 0.717) is 106 Å². The van der Waals surface area contributed by atoms with Crippen LogP contribution in [0.1, 0.15) is 30.7 Å². The van der Waals surface area contributed by atoms with Crippen molar-refractivity contribution < 1.29 is 23.8 Å². The van der Waals surface area contributed by atoms with Crippen molar-refractivity contribution in [3.63, 3.8) is 0 Å². The van der Waals surface area contributed by atoms with E-state index < -0.39 is 12.3 Å². The second-order valence-corrected chi connectivity index (χ2v) is 12.6. The van der Waals surface area contributed by atoms with Crippen molar-refractivity contribution in [2.75, 3.05) is 33.9 Å². The van der Waals surface area contributed by atoms with Crippen LogP contribution in [0.2, 0.25) is 10.0 Å². The van der Waals surface area contributed by atoms with E-state index in [-0.39, 0.29) is 18.5 Å². The molecular weight excluding hydrogens is 660 g/mol. The molecule has 2 aromatic carbocycles. The highest BCUT2D eigenvalue weighted by Crippen LogP contribution is 2.42. The maximum Gasteiger partial charge on any atom is 0.237 e. The number of ether oxygens (including phenoxy) is 2. The van der Waals surface area contributed by atoms with Crippen LogP contribution >= 0.6 is 23.2 Å². The number of rotatable bonds is 11. The van der Waals surface area contributed by atoms with E-state index in [1.54, 1.807) is 19.5 Å². The van der Waals surface area contributed by atoms with Crippen molar-refractivity contribution in [3.05, 3.63) is 70.2 Å². The molecule has 0 spiro atoms. The number of halogens is 3. The van der Waals surface area contributed by atoms with Crippen molar-refractivity contribution in [2.24, 2.45) is 0 Å². The van der Waals surface area contributed by atoms with Gasteiger partial charge in [0.15, 0.2) is 0 Å². The molecule has 14 heteroatoms. The Hall–Kier alpha value is -3.94. The standard InChI is InChI=1S/C34H36Cl2FN7O4/c1-47-33-27(14-38-13-19-9-10-30(46)41-19)39-15-25(42-33)22-7-3-5-20(31(22)35)21-6-4-8-23(32(21)36)26-16-40-28(34(43-26)48-2)18-44-12-11-29(45)24(37)17-44/h3-8,15-16,19,24,29,38,45H,9-14,17-18H2,1-2H3,(H,41,46)/t19?,24-,29-/m0/s1. The van der Waals surface area contributed by atoms with E-state index in [1.165, 1.54) is 7.11 Å². The van der Waals surface area contributed by atoms with Gasteiger partial charge < -0.3 is 25.2 Å². The minimum atomic E-state index is -1.31. The lowest BCUT2D eigenvalue weighted by Gasteiger charge is -2.31. The molecule has 2 aliphatic heterocycles. The lowest BCUT2D eigenvalue weighted by Crippen LogP contribution is -2.44. The predicted molar refractivity (Wildman–Crippen MR) is 181 cm³/mol. The number of aliphatic hydroxyl groups is 1. The lowest BCUT2D eigenvalue weighted by atomic mass is 9.98. The van der Waals surface area contributed by atoms with Crippen LogP contribution in [-0.2, 0) is 17.9 Å². The van der Waals surface area contributed by atoms with Gasteiger partial charge in [-0.2, -0.15) is 0 Å². The number of nitrogens with zero attached hydrogens (tertiary/aromatic N) is 5. The van der Waals surface area contributed by atoms with Gasteiger partial charge in [-0.1, -0.05) is 59.6 Å². The van der Waals surface area contributed by atoms with E-state index in [1.807, 2.05) is 41.3 Å². The van der Waals surface area contributed by atoms with Crippen molar-refractivity contribution in [2.45, 2.75) is 50.7 Å². The molecule has 2 aromatic heterocycles. The van der Waals surface area contributed by atoms with Crippen LogP contribution < -0.4 is 20.1 Å². The Kier molecular flexibility index (Phi) is 10.7. The van der Waals surface area contributed by atoms with Gasteiger partial charge in [0.1, 0.15) is 17.6 Å². The highest BCUT2D eigenvalue weighted by Gasteiger charge is 2.28. The van der Waals surface area contributed by atoms with Gasteiger partial charge in [0.2, 0.25) is 17.7 Å². The minimum absolute atomic E-state index is 0.0736. The topological polar surface area (TPSA) is 135 Å². The molecule has 1 amide bonds. The van der Waals surface area contributed by atoms with Crippen molar-refractivity contribution in [3.8, 4) is 45.4 Å². The van der Waals surface area contributed by atoms with Crippen LogP contribution in [0.15, 0.2) is 48.8 Å². The second kappa shape index (κ2) is 15.1. The summed E-state index contributed by atoms with van der Waals surface area (Å²) in [4.78, 5) is 32.0. The average Bonchev–Trinajstić information content (AvgIpc) is 3.51. The Morgan fingerprint density at radius 1 is 0.938 bits per heavy atom.